The third-order valence-corrected chi connectivity index (χ3v) is 3.86. The molecule has 0 saturated carbocycles. The first-order valence-electron chi connectivity index (χ1n) is 8.06. The third kappa shape index (κ3) is 5.15. The van der Waals surface area contributed by atoms with Crippen molar-refractivity contribution in [3.63, 3.8) is 0 Å². The number of carbonyl (C=O) groups excluding carboxylic acids is 1. The Hall–Kier alpha value is -2.24. The fourth-order valence-corrected chi connectivity index (χ4v) is 2.48. The van der Waals surface area contributed by atoms with Crippen molar-refractivity contribution >= 4 is 5.91 Å². The van der Waals surface area contributed by atoms with Gasteiger partial charge in [0.05, 0.1) is 6.10 Å². The lowest BCUT2D eigenvalue weighted by Crippen LogP contribution is -2.23. The SMILES string of the molecule is CNC(=O)c1ccc(CCCNCC(O)c2ccccc2F)cc1. The van der Waals surface area contributed by atoms with Crippen molar-refractivity contribution in [3.8, 4) is 0 Å². The predicted octanol–water partition coefficient (Wildman–Crippen LogP) is 2.44. The van der Waals surface area contributed by atoms with Gasteiger partial charge in [-0.2, -0.15) is 0 Å². The summed E-state index contributed by atoms with van der Waals surface area (Å²) in [6, 6.07) is 13.8. The number of aliphatic hydroxyl groups is 1. The van der Waals surface area contributed by atoms with Gasteiger partial charge >= 0.3 is 0 Å². The first kappa shape index (κ1) is 18.1. The molecule has 1 amide bonds. The molecule has 1 unspecified atom stereocenters. The van der Waals surface area contributed by atoms with E-state index in [4.69, 9.17) is 0 Å². The molecular formula is C19H23FN2O2. The normalized spacial score (nSPS) is 12.0. The number of aliphatic hydroxyl groups excluding tert-OH is 1. The minimum atomic E-state index is -0.849. The molecule has 0 saturated heterocycles. The zero-order chi connectivity index (χ0) is 17.4. The first-order valence-corrected chi connectivity index (χ1v) is 8.06. The molecule has 0 aliphatic heterocycles. The predicted molar refractivity (Wildman–Crippen MR) is 92.4 cm³/mol. The van der Waals surface area contributed by atoms with E-state index in [9.17, 15) is 14.3 Å². The van der Waals surface area contributed by atoms with Gasteiger partial charge in [0.25, 0.3) is 5.91 Å². The number of rotatable bonds is 8. The van der Waals surface area contributed by atoms with Gasteiger partial charge in [-0.3, -0.25) is 4.79 Å². The molecule has 128 valence electrons. The van der Waals surface area contributed by atoms with Gasteiger partial charge in [-0.05, 0) is 43.1 Å². The van der Waals surface area contributed by atoms with Crippen LogP contribution in [-0.4, -0.2) is 31.2 Å². The summed E-state index contributed by atoms with van der Waals surface area (Å²) in [7, 11) is 1.61. The second-order valence-electron chi connectivity index (χ2n) is 5.62. The molecule has 2 aromatic rings. The molecular weight excluding hydrogens is 307 g/mol. The highest BCUT2D eigenvalue weighted by atomic mass is 19.1. The maximum Gasteiger partial charge on any atom is 0.251 e. The van der Waals surface area contributed by atoms with Gasteiger partial charge in [0.15, 0.2) is 0 Å². The van der Waals surface area contributed by atoms with Crippen molar-refractivity contribution in [1.29, 1.82) is 0 Å². The van der Waals surface area contributed by atoms with Crippen LogP contribution in [0.3, 0.4) is 0 Å². The number of hydrogen-bond acceptors (Lipinski definition) is 3. The number of halogens is 1. The van der Waals surface area contributed by atoms with Crippen LogP contribution < -0.4 is 10.6 Å². The molecule has 2 rings (SSSR count). The highest BCUT2D eigenvalue weighted by molar-refractivity contribution is 5.93. The van der Waals surface area contributed by atoms with Crippen molar-refractivity contribution in [2.75, 3.05) is 20.1 Å². The quantitative estimate of drug-likeness (QED) is 0.652. The number of amides is 1. The molecule has 3 N–H and O–H groups in total. The average Bonchev–Trinajstić information content (AvgIpc) is 2.61. The van der Waals surface area contributed by atoms with Crippen LogP contribution in [0.4, 0.5) is 4.39 Å². The lowest BCUT2D eigenvalue weighted by molar-refractivity contribution is 0.0963. The van der Waals surface area contributed by atoms with Crippen molar-refractivity contribution in [2.45, 2.75) is 18.9 Å². The number of aryl methyl sites for hydroxylation is 1. The Morgan fingerprint density at radius 3 is 2.54 bits per heavy atom. The average molecular weight is 330 g/mol. The monoisotopic (exact) mass is 330 g/mol. The van der Waals surface area contributed by atoms with Crippen LogP contribution in [0.1, 0.15) is 34.0 Å². The summed E-state index contributed by atoms with van der Waals surface area (Å²) in [6.45, 7) is 1.04. The summed E-state index contributed by atoms with van der Waals surface area (Å²) in [5, 5.41) is 15.7. The van der Waals surface area contributed by atoms with Crippen LogP contribution in [-0.2, 0) is 6.42 Å². The molecule has 0 aromatic heterocycles. The summed E-state index contributed by atoms with van der Waals surface area (Å²) >= 11 is 0. The lowest BCUT2D eigenvalue weighted by atomic mass is 10.1. The van der Waals surface area contributed by atoms with Crippen molar-refractivity contribution in [2.24, 2.45) is 0 Å². The van der Waals surface area contributed by atoms with Crippen molar-refractivity contribution in [1.82, 2.24) is 10.6 Å². The molecule has 0 aliphatic carbocycles. The minimum absolute atomic E-state index is 0.0923. The fraction of sp³-hybridized carbons (Fsp3) is 0.316. The number of benzene rings is 2. The standard InChI is InChI=1S/C19H23FN2O2/c1-21-19(24)15-10-8-14(9-11-15)5-4-12-22-13-18(23)16-6-2-3-7-17(16)20/h2-3,6-11,18,22-23H,4-5,12-13H2,1H3,(H,21,24). The van der Waals surface area contributed by atoms with Crippen LogP contribution >= 0.6 is 0 Å². The van der Waals surface area contributed by atoms with E-state index in [1.54, 1.807) is 25.2 Å². The Morgan fingerprint density at radius 1 is 1.17 bits per heavy atom. The van der Waals surface area contributed by atoms with Gasteiger partial charge < -0.3 is 15.7 Å². The van der Waals surface area contributed by atoms with Crippen LogP contribution in [0.5, 0.6) is 0 Å². The van der Waals surface area contributed by atoms with E-state index < -0.39 is 6.10 Å². The summed E-state index contributed by atoms with van der Waals surface area (Å²) in [4.78, 5) is 11.5. The summed E-state index contributed by atoms with van der Waals surface area (Å²) in [5.74, 6) is -0.478. The maximum absolute atomic E-state index is 13.5. The van der Waals surface area contributed by atoms with E-state index in [-0.39, 0.29) is 11.7 Å². The molecule has 4 nitrogen and oxygen atoms in total. The Kier molecular flexibility index (Phi) is 6.90. The molecule has 2 aromatic carbocycles. The van der Waals surface area contributed by atoms with E-state index >= 15 is 0 Å². The van der Waals surface area contributed by atoms with E-state index in [0.717, 1.165) is 24.9 Å². The van der Waals surface area contributed by atoms with Crippen LogP contribution in [0.25, 0.3) is 0 Å². The highest BCUT2D eigenvalue weighted by Crippen LogP contribution is 2.15. The van der Waals surface area contributed by atoms with Crippen LogP contribution in [0.15, 0.2) is 48.5 Å². The van der Waals surface area contributed by atoms with E-state index in [1.165, 1.54) is 6.07 Å². The molecule has 0 radical (unpaired) electrons. The molecule has 0 heterocycles. The minimum Gasteiger partial charge on any atom is -0.387 e. The molecule has 0 aliphatic rings. The highest BCUT2D eigenvalue weighted by Gasteiger charge is 2.11. The Labute approximate surface area is 141 Å². The number of hydrogen-bond donors (Lipinski definition) is 3. The van der Waals surface area contributed by atoms with Gasteiger partial charge in [-0.15, -0.1) is 0 Å². The topological polar surface area (TPSA) is 61.4 Å². The van der Waals surface area contributed by atoms with Crippen LogP contribution in [0, 0.1) is 5.82 Å². The second kappa shape index (κ2) is 9.15. The molecule has 0 bridgehead atoms. The largest absolute Gasteiger partial charge is 0.387 e. The molecule has 5 heteroatoms. The summed E-state index contributed by atoms with van der Waals surface area (Å²) < 4.78 is 13.5. The Morgan fingerprint density at radius 2 is 1.88 bits per heavy atom. The first-order chi connectivity index (χ1) is 11.6. The maximum atomic E-state index is 13.5. The number of carbonyl (C=O) groups is 1. The van der Waals surface area contributed by atoms with Crippen molar-refractivity contribution in [3.05, 3.63) is 71.0 Å². The fourth-order valence-electron chi connectivity index (χ4n) is 2.48. The molecule has 1 atom stereocenters. The van der Waals surface area contributed by atoms with Gasteiger partial charge in [0.2, 0.25) is 0 Å². The van der Waals surface area contributed by atoms with Crippen molar-refractivity contribution < 1.29 is 14.3 Å². The third-order valence-electron chi connectivity index (χ3n) is 3.86. The summed E-state index contributed by atoms with van der Waals surface area (Å²) in [6.07, 6.45) is 0.915. The van der Waals surface area contributed by atoms with Gasteiger partial charge in [0, 0.05) is 24.7 Å². The lowest BCUT2D eigenvalue weighted by Gasteiger charge is -2.13. The van der Waals surface area contributed by atoms with Crippen LogP contribution in [0.2, 0.25) is 0 Å². The van der Waals surface area contributed by atoms with E-state index in [0.29, 0.717) is 17.7 Å². The second-order valence-corrected chi connectivity index (χ2v) is 5.62. The van der Waals surface area contributed by atoms with E-state index in [1.807, 2.05) is 24.3 Å². The Balaban J connectivity index is 1.70. The zero-order valence-electron chi connectivity index (χ0n) is 13.8. The zero-order valence-corrected chi connectivity index (χ0v) is 13.8. The van der Waals surface area contributed by atoms with E-state index in [2.05, 4.69) is 10.6 Å². The summed E-state index contributed by atoms with van der Waals surface area (Å²) in [5.41, 5.74) is 2.11. The Bertz CT molecular complexity index is 659. The van der Waals surface area contributed by atoms with Gasteiger partial charge in [-0.1, -0.05) is 30.3 Å². The molecule has 0 fully saturated rings. The number of nitrogens with one attached hydrogen (secondary N) is 2. The van der Waals surface area contributed by atoms with Gasteiger partial charge in [-0.25, -0.2) is 4.39 Å². The molecule has 0 spiro atoms. The van der Waals surface area contributed by atoms with Gasteiger partial charge in [0.1, 0.15) is 5.82 Å². The smallest absolute Gasteiger partial charge is 0.251 e. The molecule has 24 heavy (non-hydrogen) atoms.